The van der Waals surface area contributed by atoms with Crippen LogP contribution < -0.4 is 10.8 Å². The summed E-state index contributed by atoms with van der Waals surface area (Å²) in [5.41, 5.74) is -1.37. The molecule has 1 aromatic heterocycles. The zero-order valence-electron chi connectivity index (χ0n) is 16.3. The van der Waals surface area contributed by atoms with Crippen LogP contribution in [-0.2, 0) is 9.31 Å². The molecule has 1 saturated heterocycles. The molecule has 0 amide bonds. The summed E-state index contributed by atoms with van der Waals surface area (Å²) in [6.07, 6.45) is -0.447. The van der Waals surface area contributed by atoms with E-state index < -0.39 is 31.5 Å². The van der Waals surface area contributed by atoms with Crippen LogP contribution >= 0.6 is 0 Å². The van der Waals surface area contributed by atoms with E-state index in [-0.39, 0.29) is 23.4 Å². The second-order valence-electron chi connectivity index (χ2n) is 4.95. The molecule has 0 bridgehead atoms. The molecule has 1 aliphatic rings. The van der Waals surface area contributed by atoms with Gasteiger partial charge in [-0.25, -0.2) is 4.98 Å². The van der Waals surface area contributed by atoms with E-state index in [1.54, 1.807) is 0 Å². The van der Waals surface area contributed by atoms with Gasteiger partial charge < -0.3 is 14.6 Å². The molecular formula is C12H19BN2O2. The molecule has 5 heteroatoms. The van der Waals surface area contributed by atoms with Crippen LogP contribution in [0.1, 0.15) is 35.9 Å². The Bertz CT molecular complexity index is 619. The van der Waals surface area contributed by atoms with Crippen molar-refractivity contribution in [3.05, 3.63) is 18.3 Å². The molecule has 0 radical (unpaired) electrons. The third-order valence-electron chi connectivity index (χ3n) is 3.22. The van der Waals surface area contributed by atoms with E-state index in [0.29, 0.717) is 0 Å². The quantitative estimate of drug-likeness (QED) is 0.794. The highest BCUT2D eigenvalue weighted by Crippen LogP contribution is 2.36. The van der Waals surface area contributed by atoms with E-state index in [2.05, 4.69) is 10.3 Å². The van der Waals surface area contributed by atoms with Crippen molar-refractivity contribution in [2.24, 2.45) is 0 Å². The predicted octanol–water partition coefficient (Wildman–Crippen LogP) is 1.42. The van der Waals surface area contributed by atoms with Gasteiger partial charge in [0.05, 0.1) is 15.3 Å². The summed E-state index contributed by atoms with van der Waals surface area (Å²) in [5.74, 6) is -0.296. The van der Waals surface area contributed by atoms with Crippen LogP contribution in [0, 0.1) is 0 Å². The number of hydrogen-bond donors (Lipinski definition) is 1. The van der Waals surface area contributed by atoms with Crippen LogP contribution in [0.25, 0.3) is 0 Å². The Morgan fingerprint density at radius 2 is 2.00 bits per heavy atom. The Balaban J connectivity index is 2.51. The van der Waals surface area contributed by atoms with Crippen molar-refractivity contribution in [1.82, 2.24) is 4.98 Å². The summed E-state index contributed by atoms with van der Waals surface area (Å²) in [6, 6.07) is -0.634. The first kappa shape index (κ1) is 6.76. The summed E-state index contributed by atoms with van der Waals surface area (Å²) < 4.78 is 57.2. The van der Waals surface area contributed by atoms with Gasteiger partial charge >= 0.3 is 7.12 Å². The number of nitrogens with zero attached hydrogens (tertiary/aromatic N) is 1. The van der Waals surface area contributed by atoms with E-state index in [9.17, 15) is 0 Å². The number of rotatable bonds is 2. The maximum atomic E-state index is 8.15. The van der Waals surface area contributed by atoms with Crippen molar-refractivity contribution in [3.63, 3.8) is 0 Å². The van der Waals surface area contributed by atoms with E-state index in [0.717, 1.165) is 0 Å². The van der Waals surface area contributed by atoms with Crippen LogP contribution in [-0.4, -0.2) is 30.3 Å². The van der Waals surface area contributed by atoms with Crippen molar-refractivity contribution in [2.45, 2.75) is 38.9 Å². The maximum Gasteiger partial charge on any atom is 0.495 e. The van der Waals surface area contributed by atoms with Crippen molar-refractivity contribution < 1.29 is 17.5 Å². The molecule has 1 aliphatic heterocycles. The van der Waals surface area contributed by atoms with Crippen LogP contribution in [0.4, 0.5) is 5.82 Å². The molecule has 4 nitrogen and oxygen atoms in total. The van der Waals surface area contributed by atoms with Gasteiger partial charge in [0.15, 0.2) is 0 Å². The van der Waals surface area contributed by atoms with Gasteiger partial charge in [0, 0.05) is 17.3 Å². The Kier molecular flexibility index (Phi) is 1.59. The Hall–Kier alpha value is -1.07. The number of pyridine rings is 1. The minimum Gasteiger partial charge on any atom is -0.399 e. The minimum absolute atomic E-state index is 0.00426. The fourth-order valence-corrected chi connectivity index (χ4v) is 1.47. The zero-order chi connectivity index (χ0) is 17.8. The second-order valence-corrected chi connectivity index (χ2v) is 4.95. The molecule has 2 rings (SSSR count). The lowest BCUT2D eigenvalue weighted by Gasteiger charge is -2.32. The summed E-state index contributed by atoms with van der Waals surface area (Å²) in [6.45, 7) is 4.73. The average Bonchev–Trinajstić information content (AvgIpc) is 2.53. The van der Waals surface area contributed by atoms with Gasteiger partial charge in [0.25, 0.3) is 0 Å². The molecule has 0 aliphatic carbocycles. The van der Waals surface area contributed by atoms with E-state index in [1.165, 1.54) is 0 Å². The SMILES string of the molecule is [2H]c1nc(NC([2H])([2H])[2H])c([2H])c(B2OC(C)(C)C(C)(C)O2)c1[2H]. The normalized spacial score (nSPS) is 27.4. The van der Waals surface area contributed by atoms with Gasteiger partial charge in [-0.3, -0.25) is 0 Å². The zero-order valence-corrected chi connectivity index (χ0v) is 10.3. The number of hydrogen-bond acceptors (Lipinski definition) is 4. The van der Waals surface area contributed by atoms with Crippen molar-refractivity contribution in [3.8, 4) is 0 Å². The van der Waals surface area contributed by atoms with Gasteiger partial charge in [0.1, 0.15) is 5.82 Å². The van der Waals surface area contributed by atoms with Gasteiger partial charge in [0.2, 0.25) is 0 Å². The highest BCUT2D eigenvalue weighted by atomic mass is 16.7. The molecule has 0 unspecified atom stereocenters. The number of nitrogens with one attached hydrogen (secondary N) is 1. The van der Waals surface area contributed by atoms with Gasteiger partial charge in [-0.1, -0.05) is 0 Å². The Labute approximate surface area is 111 Å². The Morgan fingerprint density at radius 1 is 1.35 bits per heavy atom. The molecule has 0 aromatic carbocycles. The molecule has 1 aromatic rings. The average molecular weight is 240 g/mol. The topological polar surface area (TPSA) is 43.4 Å². The fourth-order valence-electron chi connectivity index (χ4n) is 1.47. The lowest BCUT2D eigenvalue weighted by Crippen LogP contribution is -2.41. The first-order chi connectivity index (χ1) is 10.3. The lowest BCUT2D eigenvalue weighted by molar-refractivity contribution is 0.00578. The van der Waals surface area contributed by atoms with Crippen molar-refractivity contribution in [2.75, 3.05) is 12.3 Å². The second kappa shape index (κ2) is 4.00. The molecule has 2 heterocycles. The van der Waals surface area contributed by atoms with Gasteiger partial charge in [-0.15, -0.1) is 0 Å². The van der Waals surface area contributed by atoms with Crippen LogP contribution in [0.3, 0.4) is 0 Å². The molecule has 1 fully saturated rings. The molecule has 0 saturated carbocycles. The summed E-state index contributed by atoms with van der Waals surface area (Å²) in [7, 11) is -1.04. The maximum absolute atomic E-state index is 8.15. The Morgan fingerprint density at radius 3 is 2.59 bits per heavy atom. The smallest absolute Gasteiger partial charge is 0.399 e. The van der Waals surface area contributed by atoms with E-state index in [1.807, 2.05) is 27.7 Å². The summed E-state index contributed by atoms with van der Waals surface area (Å²) in [5, 5.41) is 2.11. The number of anilines is 1. The monoisotopic (exact) mass is 240 g/mol. The highest BCUT2D eigenvalue weighted by molar-refractivity contribution is 6.62. The lowest BCUT2D eigenvalue weighted by atomic mass is 9.80. The fraction of sp³-hybridized carbons (Fsp3) is 0.583. The van der Waals surface area contributed by atoms with E-state index >= 15 is 0 Å². The van der Waals surface area contributed by atoms with Crippen molar-refractivity contribution >= 4 is 18.4 Å². The summed E-state index contributed by atoms with van der Waals surface area (Å²) in [4.78, 5) is 3.67. The summed E-state index contributed by atoms with van der Waals surface area (Å²) >= 11 is 0. The van der Waals surface area contributed by atoms with E-state index in [4.69, 9.17) is 17.5 Å². The van der Waals surface area contributed by atoms with Crippen molar-refractivity contribution in [1.29, 1.82) is 0 Å². The minimum atomic E-state index is -2.56. The van der Waals surface area contributed by atoms with Gasteiger partial charge in [-0.05, 0) is 45.2 Å². The molecule has 92 valence electrons. The van der Waals surface area contributed by atoms with Crippen LogP contribution in [0.2, 0.25) is 0 Å². The van der Waals surface area contributed by atoms with Crippen LogP contribution in [0.5, 0.6) is 0 Å². The molecular weight excluding hydrogens is 215 g/mol. The standard InChI is InChI=1S/C12H19BN2O2/c1-11(2)12(3,4)17-13(16-11)9-6-7-15-10(8-9)14-5/h6-8H,1-5H3,(H,14,15)/i5D3,6D,7D,8D. The predicted molar refractivity (Wildman–Crippen MR) is 69.5 cm³/mol. The highest BCUT2D eigenvalue weighted by Gasteiger charge is 2.51. The largest absolute Gasteiger partial charge is 0.495 e. The van der Waals surface area contributed by atoms with Gasteiger partial charge in [-0.2, -0.15) is 0 Å². The third kappa shape index (κ3) is 2.17. The van der Waals surface area contributed by atoms with Crippen LogP contribution in [0.15, 0.2) is 18.3 Å². The molecule has 1 N–H and O–H groups in total. The molecule has 0 spiro atoms. The first-order valence-electron chi connectivity index (χ1n) is 8.37. The molecule has 17 heavy (non-hydrogen) atoms. The number of aromatic nitrogens is 1. The molecule has 0 atom stereocenters. The third-order valence-corrected chi connectivity index (χ3v) is 3.22. The first-order valence-corrected chi connectivity index (χ1v) is 5.37.